The summed E-state index contributed by atoms with van der Waals surface area (Å²) >= 11 is 0. The van der Waals surface area contributed by atoms with Crippen LogP contribution in [0.2, 0.25) is 0 Å². The normalized spacial score (nSPS) is 18.6. The molecule has 1 aromatic heterocycles. The summed E-state index contributed by atoms with van der Waals surface area (Å²) in [6, 6.07) is 4.89. The molecule has 2 N–H and O–H groups in total. The van der Waals surface area contributed by atoms with Gasteiger partial charge in [-0.15, -0.1) is 0 Å². The van der Waals surface area contributed by atoms with Crippen LogP contribution in [0.3, 0.4) is 0 Å². The summed E-state index contributed by atoms with van der Waals surface area (Å²) in [6.07, 6.45) is 2.34. The Morgan fingerprint density at radius 1 is 1.19 bits per heavy atom. The third-order valence-corrected chi connectivity index (χ3v) is 6.87. The van der Waals surface area contributed by atoms with Crippen LogP contribution in [0.1, 0.15) is 34.8 Å². The highest BCUT2D eigenvalue weighted by molar-refractivity contribution is 7.89. The van der Waals surface area contributed by atoms with Gasteiger partial charge in [0.05, 0.1) is 10.5 Å². The molecule has 10 heteroatoms. The number of nitrogens with zero attached hydrogens (tertiary/aromatic N) is 3. The van der Waals surface area contributed by atoms with Gasteiger partial charge in [0, 0.05) is 43.9 Å². The van der Waals surface area contributed by atoms with E-state index in [-0.39, 0.29) is 18.0 Å². The van der Waals surface area contributed by atoms with E-state index < -0.39 is 27.4 Å². The van der Waals surface area contributed by atoms with Crippen LogP contribution in [-0.4, -0.2) is 60.2 Å². The molecule has 2 heterocycles. The maximum atomic E-state index is 13.9. The molecule has 0 radical (unpaired) electrons. The molecule has 144 valence electrons. The quantitative estimate of drug-likeness (QED) is 0.798. The number of aromatic amines is 1. The van der Waals surface area contributed by atoms with E-state index in [2.05, 4.69) is 10.2 Å². The third kappa shape index (κ3) is 3.42. The monoisotopic (exact) mass is 394 g/mol. The Labute approximate surface area is 155 Å². The van der Waals surface area contributed by atoms with Crippen LogP contribution in [0.15, 0.2) is 29.2 Å². The second-order valence-electron chi connectivity index (χ2n) is 6.79. The number of anilines is 1. The van der Waals surface area contributed by atoms with Crippen molar-refractivity contribution in [3.05, 3.63) is 41.3 Å². The molecule has 1 aliphatic heterocycles. The van der Waals surface area contributed by atoms with Crippen LogP contribution in [-0.2, 0) is 10.0 Å². The number of piperazine rings is 1. The van der Waals surface area contributed by atoms with Gasteiger partial charge in [-0.05, 0) is 31.0 Å². The Morgan fingerprint density at radius 2 is 1.89 bits per heavy atom. The first-order valence-electron chi connectivity index (χ1n) is 8.69. The molecule has 0 unspecified atom stereocenters. The van der Waals surface area contributed by atoms with E-state index in [1.54, 1.807) is 0 Å². The minimum Gasteiger partial charge on any atom is -0.478 e. The van der Waals surface area contributed by atoms with Gasteiger partial charge in [-0.3, -0.25) is 5.10 Å². The average Bonchev–Trinajstić information content (AvgIpc) is 3.38. The molecule has 2 aromatic rings. The Morgan fingerprint density at radius 3 is 2.48 bits per heavy atom. The van der Waals surface area contributed by atoms with E-state index >= 15 is 0 Å². The first-order chi connectivity index (χ1) is 12.9. The largest absolute Gasteiger partial charge is 0.478 e. The molecular weight excluding hydrogens is 375 g/mol. The lowest BCUT2D eigenvalue weighted by Crippen LogP contribution is -2.48. The highest BCUT2D eigenvalue weighted by Gasteiger charge is 2.31. The summed E-state index contributed by atoms with van der Waals surface area (Å²) in [7, 11) is -3.89. The molecule has 27 heavy (non-hydrogen) atoms. The Kier molecular flexibility index (Phi) is 4.39. The van der Waals surface area contributed by atoms with Gasteiger partial charge in [0.15, 0.2) is 5.82 Å². The summed E-state index contributed by atoms with van der Waals surface area (Å²) in [5, 5.41) is 16.2. The van der Waals surface area contributed by atoms with E-state index in [9.17, 15) is 17.6 Å². The minimum atomic E-state index is -3.89. The summed E-state index contributed by atoms with van der Waals surface area (Å²) in [4.78, 5) is 12.7. The smallest absolute Gasteiger partial charge is 0.338 e. The van der Waals surface area contributed by atoms with Crippen molar-refractivity contribution in [2.45, 2.75) is 23.7 Å². The number of hydrogen-bond acceptors (Lipinski definition) is 5. The van der Waals surface area contributed by atoms with Gasteiger partial charge >= 0.3 is 5.97 Å². The number of nitrogens with one attached hydrogen (secondary N) is 1. The summed E-state index contributed by atoms with van der Waals surface area (Å²) in [5.41, 5.74) is 0.567. The zero-order chi connectivity index (χ0) is 19.2. The van der Waals surface area contributed by atoms with E-state index in [1.807, 2.05) is 11.0 Å². The highest BCUT2D eigenvalue weighted by atomic mass is 32.2. The first kappa shape index (κ1) is 17.9. The molecule has 0 bridgehead atoms. The molecule has 2 fully saturated rings. The molecule has 0 spiro atoms. The van der Waals surface area contributed by atoms with E-state index in [4.69, 9.17) is 5.11 Å². The van der Waals surface area contributed by atoms with Crippen LogP contribution in [0.25, 0.3) is 0 Å². The lowest BCUT2D eigenvalue weighted by Gasteiger charge is -2.34. The topological polar surface area (TPSA) is 107 Å². The van der Waals surface area contributed by atoms with Crippen molar-refractivity contribution >= 4 is 21.8 Å². The second-order valence-corrected chi connectivity index (χ2v) is 8.73. The zero-order valence-electron chi connectivity index (χ0n) is 14.4. The SMILES string of the molecule is O=C(O)c1ccc(S(=O)(=O)N2CCN(c3cc(C4CC4)[nH]n3)CC2)cc1F. The second kappa shape index (κ2) is 6.61. The highest BCUT2D eigenvalue weighted by Crippen LogP contribution is 2.39. The summed E-state index contributed by atoms with van der Waals surface area (Å²) in [6.45, 7) is 1.44. The summed E-state index contributed by atoms with van der Waals surface area (Å²) in [5.74, 6) is -1.12. The van der Waals surface area contributed by atoms with Crippen molar-refractivity contribution in [1.29, 1.82) is 0 Å². The van der Waals surface area contributed by atoms with Gasteiger partial charge in [-0.1, -0.05) is 0 Å². The Balaban J connectivity index is 1.46. The number of aromatic nitrogens is 2. The summed E-state index contributed by atoms with van der Waals surface area (Å²) < 4.78 is 40.6. The number of rotatable bonds is 5. The number of carbonyl (C=O) groups is 1. The van der Waals surface area contributed by atoms with Gasteiger partial charge in [0.1, 0.15) is 5.82 Å². The van der Waals surface area contributed by atoms with Crippen molar-refractivity contribution in [2.24, 2.45) is 0 Å². The Bertz CT molecular complexity index is 979. The number of benzene rings is 1. The number of carboxylic acids is 1. The van der Waals surface area contributed by atoms with Crippen molar-refractivity contribution in [3.8, 4) is 0 Å². The number of sulfonamides is 1. The van der Waals surface area contributed by atoms with Gasteiger partial charge in [0.25, 0.3) is 0 Å². The molecule has 2 aliphatic rings. The standard InChI is InChI=1S/C17H19FN4O4S/c18-14-9-12(3-4-13(14)17(23)24)27(25,26)22-7-5-21(6-8-22)16-10-15(19-20-16)11-1-2-11/h3-4,9-11H,1-2,5-8H2,(H,19,20)(H,23,24). The maximum absolute atomic E-state index is 13.9. The van der Waals surface area contributed by atoms with Crippen LogP contribution in [0, 0.1) is 5.82 Å². The van der Waals surface area contributed by atoms with Gasteiger partial charge in [0.2, 0.25) is 10.0 Å². The molecule has 4 rings (SSSR count). The number of H-pyrrole nitrogens is 1. The molecular formula is C17H19FN4O4S. The molecule has 1 saturated carbocycles. The lowest BCUT2D eigenvalue weighted by atomic mass is 10.2. The van der Waals surface area contributed by atoms with Gasteiger partial charge in [-0.2, -0.15) is 9.40 Å². The fourth-order valence-electron chi connectivity index (χ4n) is 3.23. The van der Waals surface area contributed by atoms with Crippen molar-refractivity contribution in [1.82, 2.24) is 14.5 Å². The van der Waals surface area contributed by atoms with Crippen LogP contribution >= 0.6 is 0 Å². The molecule has 1 aliphatic carbocycles. The predicted molar refractivity (Wildman–Crippen MR) is 94.9 cm³/mol. The third-order valence-electron chi connectivity index (χ3n) is 4.97. The van der Waals surface area contributed by atoms with Crippen molar-refractivity contribution in [3.63, 3.8) is 0 Å². The number of hydrogen-bond donors (Lipinski definition) is 2. The van der Waals surface area contributed by atoms with Crippen LogP contribution in [0.5, 0.6) is 0 Å². The molecule has 0 amide bonds. The molecule has 1 saturated heterocycles. The van der Waals surface area contributed by atoms with E-state index in [0.717, 1.165) is 29.7 Å². The fourth-order valence-corrected chi connectivity index (χ4v) is 4.66. The number of halogens is 1. The van der Waals surface area contributed by atoms with E-state index in [0.29, 0.717) is 19.0 Å². The molecule has 8 nitrogen and oxygen atoms in total. The fraction of sp³-hybridized carbons (Fsp3) is 0.412. The Hall–Kier alpha value is -2.46. The van der Waals surface area contributed by atoms with Crippen molar-refractivity contribution in [2.75, 3.05) is 31.1 Å². The molecule has 0 atom stereocenters. The first-order valence-corrected chi connectivity index (χ1v) is 10.1. The van der Waals surface area contributed by atoms with Crippen LogP contribution < -0.4 is 4.90 Å². The molecule has 1 aromatic carbocycles. The van der Waals surface area contributed by atoms with Crippen molar-refractivity contribution < 1.29 is 22.7 Å². The maximum Gasteiger partial charge on any atom is 0.338 e. The average molecular weight is 394 g/mol. The number of aromatic carboxylic acids is 1. The minimum absolute atomic E-state index is 0.241. The zero-order valence-corrected chi connectivity index (χ0v) is 15.2. The van der Waals surface area contributed by atoms with Gasteiger partial charge in [-0.25, -0.2) is 17.6 Å². The lowest BCUT2D eigenvalue weighted by molar-refractivity contribution is 0.0691. The van der Waals surface area contributed by atoms with Gasteiger partial charge < -0.3 is 10.0 Å². The number of carboxylic acid groups (broad SMARTS) is 1. The predicted octanol–water partition coefficient (Wildman–Crippen LogP) is 1.64. The van der Waals surface area contributed by atoms with Crippen LogP contribution in [0.4, 0.5) is 10.2 Å². The van der Waals surface area contributed by atoms with E-state index in [1.165, 1.54) is 17.1 Å².